The maximum atomic E-state index is 5.98. The molecule has 0 unspecified atom stereocenters. The number of hydrogen-bond acceptors (Lipinski definition) is 4. The minimum atomic E-state index is 0.671. The molecule has 5 heteroatoms. The Labute approximate surface area is 105 Å². The van der Waals surface area contributed by atoms with E-state index in [1.165, 1.54) is 0 Å². The number of nitrogen functional groups attached to an aromatic ring is 1. The topological polar surface area (TPSA) is 73.2 Å². The van der Waals surface area contributed by atoms with Gasteiger partial charge in [0, 0.05) is 12.0 Å². The Morgan fingerprint density at radius 1 is 1.22 bits per heavy atom. The van der Waals surface area contributed by atoms with Gasteiger partial charge in [0.15, 0.2) is 11.5 Å². The fraction of sp³-hybridized carbons (Fsp3) is 0.308. The normalized spacial score (nSPS) is 14.3. The zero-order valence-electron chi connectivity index (χ0n) is 10.2. The fourth-order valence-electron chi connectivity index (χ4n) is 1.97. The van der Waals surface area contributed by atoms with E-state index in [0.717, 1.165) is 34.9 Å². The summed E-state index contributed by atoms with van der Waals surface area (Å²) in [6, 6.07) is 5.77. The van der Waals surface area contributed by atoms with Gasteiger partial charge in [0.05, 0.1) is 24.6 Å². The molecule has 18 heavy (non-hydrogen) atoms. The fourth-order valence-corrected chi connectivity index (χ4v) is 1.97. The average molecular weight is 245 g/mol. The minimum Gasteiger partial charge on any atom is -0.490 e. The molecule has 5 nitrogen and oxygen atoms in total. The van der Waals surface area contributed by atoms with Gasteiger partial charge in [-0.25, -0.2) is 0 Å². The van der Waals surface area contributed by atoms with Crippen molar-refractivity contribution in [3.05, 3.63) is 23.9 Å². The van der Waals surface area contributed by atoms with E-state index in [2.05, 4.69) is 10.2 Å². The van der Waals surface area contributed by atoms with Crippen LogP contribution in [0.25, 0.3) is 11.3 Å². The highest BCUT2D eigenvalue weighted by Gasteiger charge is 2.14. The van der Waals surface area contributed by atoms with Gasteiger partial charge in [-0.1, -0.05) is 0 Å². The Morgan fingerprint density at radius 2 is 2.00 bits per heavy atom. The number of hydrogen-bond donors (Lipinski definition) is 2. The number of fused-ring (bicyclic) bond motifs is 1. The van der Waals surface area contributed by atoms with Gasteiger partial charge in [-0.15, -0.1) is 0 Å². The van der Waals surface area contributed by atoms with Gasteiger partial charge in [0.1, 0.15) is 5.69 Å². The molecule has 0 radical (unpaired) electrons. The van der Waals surface area contributed by atoms with Crippen LogP contribution in [0.3, 0.4) is 0 Å². The summed E-state index contributed by atoms with van der Waals surface area (Å²) in [5.41, 5.74) is 9.20. The first kappa shape index (κ1) is 11.0. The Hall–Kier alpha value is -2.17. The lowest BCUT2D eigenvalue weighted by Crippen LogP contribution is -1.97. The minimum absolute atomic E-state index is 0.671. The molecule has 0 amide bonds. The van der Waals surface area contributed by atoms with Crippen molar-refractivity contribution in [1.82, 2.24) is 10.2 Å². The molecule has 3 rings (SSSR count). The van der Waals surface area contributed by atoms with Crippen LogP contribution in [-0.4, -0.2) is 23.4 Å². The molecular weight excluding hydrogens is 230 g/mol. The number of nitrogens with zero attached hydrogens (tertiary/aromatic N) is 1. The smallest absolute Gasteiger partial charge is 0.161 e. The molecule has 0 spiro atoms. The lowest BCUT2D eigenvalue weighted by atomic mass is 10.1. The van der Waals surface area contributed by atoms with Crippen molar-refractivity contribution in [3.63, 3.8) is 0 Å². The third kappa shape index (κ3) is 1.77. The van der Waals surface area contributed by atoms with Gasteiger partial charge >= 0.3 is 0 Å². The van der Waals surface area contributed by atoms with Crippen LogP contribution in [0.4, 0.5) is 5.69 Å². The molecular formula is C13H15N3O2. The molecule has 1 aromatic heterocycles. The van der Waals surface area contributed by atoms with E-state index in [4.69, 9.17) is 15.2 Å². The number of aromatic amines is 1. The highest BCUT2D eigenvalue weighted by atomic mass is 16.5. The van der Waals surface area contributed by atoms with Gasteiger partial charge in [-0.3, -0.25) is 5.10 Å². The van der Waals surface area contributed by atoms with Crippen molar-refractivity contribution >= 4 is 5.69 Å². The quantitative estimate of drug-likeness (QED) is 0.807. The molecule has 94 valence electrons. The second-order valence-corrected chi connectivity index (χ2v) is 4.32. The van der Waals surface area contributed by atoms with Gasteiger partial charge in [0.2, 0.25) is 0 Å². The van der Waals surface area contributed by atoms with E-state index in [1.807, 2.05) is 25.1 Å². The number of H-pyrrole nitrogens is 1. The van der Waals surface area contributed by atoms with E-state index in [0.29, 0.717) is 18.9 Å². The van der Waals surface area contributed by atoms with E-state index >= 15 is 0 Å². The summed E-state index contributed by atoms with van der Waals surface area (Å²) in [6.07, 6.45) is 0.896. The van der Waals surface area contributed by atoms with Crippen LogP contribution >= 0.6 is 0 Å². The number of rotatable bonds is 1. The molecule has 1 aromatic carbocycles. The predicted octanol–water partition coefficient (Wildman–Crippen LogP) is 2.13. The average Bonchev–Trinajstić information content (AvgIpc) is 2.61. The summed E-state index contributed by atoms with van der Waals surface area (Å²) in [5, 5.41) is 7.09. The van der Waals surface area contributed by atoms with Crippen LogP contribution in [0.15, 0.2) is 18.2 Å². The maximum Gasteiger partial charge on any atom is 0.161 e. The largest absolute Gasteiger partial charge is 0.490 e. The lowest BCUT2D eigenvalue weighted by molar-refractivity contribution is 0.297. The summed E-state index contributed by atoms with van der Waals surface area (Å²) in [4.78, 5) is 0. The second-order valence-electron chi connectivity index (χ2n) is 4.32. The number of aromatic nitrogens is 2. The van der Waals surface area contributed by atoms with Gasteiger partial charge < -0.3 is 15.2 Å². The standard InChI is InChI=1S/C13H15N3O2/c1-8-12(14)13(16-15-8)9-3-4-10-11(7-9)18-6-2-5-17-10/h3-4,7H,2,5-6,14H2,1H3,(H,15,16). The van der Waals surface area contributed by atoms with Crippen molar-refractivity contribution in [1.29, 1.82) is 0 Å². The predicted molar refractivity (Wildman–Crippen MR) is 68.8 cm³/mol. The molecule has 2 aromatic rings. The highest BCUT2D eigenvalue weighted by Crippen LogP contribution is 2.35. The van der Waals surface area contributed by atoms with Crippen LogP contribution < -0.4 is 15.2 Å². The van der Waals surface area contributed by atoms with E-state index in [1.54, 1.807) is 0 Å². The summed E-state index contributed by atoms with van der Waals surface area (Å²) in [7, 11) is 0. The van der Waals surface area contributed by atoms with Crippen molar-refractivity contribution in [3.8, 4) is 22.8 Å². The van der Waals surface area contributed by atoms with Gasteiger partial charge in [0.25, 0.3) is 0 Å². The summed E-state index contributed by atoms with van der Waals surface area (Å²) in [5.74, 6) is 1.53. The first-order chi connectivity index (χ1) is 8.75. The number of anilines is 1. The summed E-state index contributed by atoms with van der Waals surface area (Å²) >= 11 is 0. The van der Waals surface area contributed by atoms with E-state index in [-0.39, 0.29) is 0 Å². The molecule has 0 fully saturated rings. The van der Waals surface area contributed by atoms with Crippen LogP contribution in [0, 0.1) is 6.92 Å². The van der Waals surface area contributed by atoms with E-state index in [9.17, 15) is 0 Å². The Balaban J connectivity index is 2.04. The highest BCUT2D eigenvalue weighted by molar-refractivity contribution is 5.75. The molecule has 2 heterocycles. The number of aryl methyl sites for hydroxylation is 1. The Kier molecular flexibility index (Phi) is 2.59. The monoisotopic (exact) mass is 245 g/mol. The van der Waals surface area contributed by atoms with Crippen LogP contribution in [0.1, 0.15) is 12.1 Å². The van der Waals surface area contributed by atoms with Gasteiger partial charge in [-0.05, 0) is 25.1 Å². The molecule has 3 N–H and O–H groups in total. The number of benzene rings is 1. The summed E-state index contributed by atoms with van der Waals surface area (Å²) in [6.45, 7) is 3.26. The van der Waals surface area contributed by atoms with Crippen molar-refractivity contribution in [2.75, 3.05) is 18.9 Å². The molecule has 0 saturated heterocycles. The third-order valence-corrected chi connectivity index (χ3v) is 3.02. The molecule has 0 saturated carbocycles. The molecule has 0 aliphatic carbocycles. The first-order valence-corrected chi connectivity index (χ1v) is 5.96. The van der Waals surface area contributed by atoms with Gasteiger partial charge in [-0.2, -0.15) is 5.10 Å². The van der Waals surface area contributed by atoms with Crippen molar-refractivity contribution in [2.45, 2.75) is 13.3 Å². The zero-order chi connectivity index (χ0) is 12.5. The zero-order valence-corrected chi connectivity index (χ0v) is 10.2. The molecule has 0 bridgehead atoms. The summed E-state index contributed by atoms with van der Waals surface area (Å²) < 4.78 is 11.2. The first-order valence-electron chi connectivity index (χ1n) is 5.96. The van der Waals surface area contributed by atoms with Crippen molar-refractivity contribution in [2.24, 2.45) is 0 Å². The maximum absolute atomic E-state index is 5.98. The number of nitrogens with two attached hydrogens (primary N) is 1. The second kappa shape index (κ2) is 4.25. The Morgan fingerprint density at radius 3 is 2.72 bits per heavy atom. The third-order valence-electron chi connectivity index (χ3n) is 3.02. The molecule has 0 atom stereocenters. The number of ether oxygens (including phenoxy) is 2. The molecule has 1 aliphatic rings. The number of nitrogens with one attached hydrogen (secondary N) is 1. The van der Waals surface area contributed by atoms with Crippen molar-refractivity contribution < 1.29 is 9.47 Å². The SMILES string of the molecule is Cc1[nH]nc(-c2ccc3c(c2)OCCCO3)c1N. The van der Waals surface area contributed by atoms with Crippen LogP contribution in [0.2, 0.25) is 0 Å². The lowest BCUT2D eigenvalue weighted by Gasteiger charge is -2.08. The molecule has 1 aliphatic heterocycles. The van der Waals surface area contributed by atoms with E-state index < -0.39 is 0 Å². The Bertz CT molecular complexity index is 578. The van der Waals surface area contributed by atoms with Crippen LogP contribution in [0.5, 0.6) is 11.5 Å². The van der Waals surface area contributed by atoms with Crippen LogP contribution in [-0.2, 0) is 0 Å².